The Morgan fingerprint density at radius 3 is 2.43 bits per heavy atom. The van der Waals surface area contributed by atoms with E-state index in [1.165, 1.54) is 0 Å². The third kappa shape index (κ3) is 1.15. The Bertz CT molecular complexity index is 444. The second-order valence-corrected chi connectivity index (χ2v) is 3.39. The standard InChI is InChI=1S/C10H5ClN2O/c11-8-4-2-1-3-7(8)9-10(5-12,6-13)14-9/h1-4,9H/t9-/m1/s1. The van der Waals surface area contributed by atoms with Gasteiger partial charge in [0.15, 0.2) is 0 Å². The fourth-order valence-corrected chi connectivity index (χ4v) is 1.55. The summed E-state index contributed by atoms with van der Waals surface area (Å²) in [6, 6.07) is 10.7. The zero-order valence-corrected chi connectivity index (χ0v) is 7.82. The molecule has 1 saturated heterocycles. The number of benzene rings is 1. The molecule has 1 aliphatic rings. The van der Waals surface area contributed by atoms with Crippen LogP contribution in [0.4, 0.5) is 0 Å². The van der Waals surface area contributed by atoms with Gasteiger partial charge in [0.2, 0.25) is 0 Å². The van der Waals surface area contributed by atoms with Gasteiger partial charge in [0.25, 0.3) is 5.60 Å². The van der Waals surface area contributed by atoms with Gasteiger partial charge in [-0.2, -0.15) is 10.5 Å². The number of rotatable bonds is 1. The van der Waals surface area contributed by atoms with E-state index < -0.39 is 11.7 Å². The fourth-order valence-electron chi connectivity index (χ4n) is 1.32. The molecule has 0 unspecified atom stereocenters. The van der Waals surface area contributed by atoms with Crippen molar-refractivity contribution in [2.24, 2.45) is 0 Å². The van der Waals surface area contributed by atoms with E-state index in [1.54, 1.807) is 24.3 Å². The predicted octanol–water partition coefficient (Wildman–Crippen LogP) is 2.20. The molecule has 68 valence electrons. The number of nitriles is 2. The van der Waals surface area contributed by atoms with Gasteiger partial charge in [-0.25, -0.2) is 0 Å². The van der Waals surface area contributed by atoms with Gasteiger partial charge in [-0.15, -0.1) is 0 Å². The van der Waals surface area contributed by atoms with Crippen molar-refractivity contribution in [1.29, 1.82) is 10.5 Å². The molecule has 0 N–H and O–H groups in total. The fraction of sp³-hybridized carbons (Fsp3) is 0.200. The molecular weight excluding hydrogens is 200 g/mol. The maximum Gasteiger partial charge on any atom is 0.272 e. The highest BCUT2D eigenvalue weighted by molar-refractivity contribution is 6.31. The van der Waals surface area contributed by atoms with Crippen molar-refractivity contribution in [1.82, 2.24) is 0 Å². The lowest BCUT2D eigenvalue weighted by Crippen LogP contribution is -2.04. The van der Waals surface area contributed by atoms with Crippen LogP contribution in [0.15, 0.2) is 24.3 Å². The van der Waals surface area contributed by atoms with E-state index in [0.29, 0.717) is 10.6 Å². The van der Waals surface area contributed by atoms with Crippen LogP contribution in [-0.2, 0) is 4.74 Å². The summed E-state index contributed by atoms with van der Waals surface area (Å²) in [4.78, 5) is 0. The number of halogens is 1. The van der Waals surface area contributed by atoms with Crippen molar-refractivity contribution in [2.75, 3.05) is 0 Å². The smallest absolute Gasteiger partial charge is 0.272 e. The molecule has 0 bridgehead atoms. The number of ether oxygens (including phenoxy) is 1. The predicted molar refractivity (Wildman–Crippen MR) is 49.2 cm³/mol. The van der Waals surface area contributed by atoms with E-state index in [0.717, 1.165) is 0 Å². The minimum Gasteiger partial charge on any atom is -0.332 e. The molecule has 0 saturated carbocycles. The maximum absolute atomic E-state index is 8.74. The quantitative estimate of drug-likeness (QED) is 0.659. The minimum atomic E-state index is -1.33. The third-order valence-corrected chi connectivity index (χ3v) is 2.48. The van der Waals surface area contributed by atoms with E-state index in [1.807, 2.05) is 12.1 Å². The van der Waals surface area contributed by atoms with Gasteiger partial charge in [-0.3, -0.25) is 0 Å². The van der Waals surface area contributed by atoms with E-state index in [4.69, 9.17) is 26.9 Å². The molecule has 0 amide bonds. The van der Waals surface area contributed by atoms with Crippen molar-refractivity contribution >= 4 is 11.6 Å². The molecule has 4 heteroatoms. The summed E-state index contributed by atoms with van der Waals surface area (Å²) in [6.07, 6.45) is -0.508. The first-order valence-corrected chi connectivity index (χ1v) is 4.36. The molecule has 1 atom stereocenters. The van der Waals surface area contributed by atoms with Crippen LogP contribution >= 0.6 is 11.6 Å². The van der Waals surface area contributed by atoms with Crippen molar-refractivity contribution in [3.8, 4) is 12.1 Å². The van der Waals surface area contributed by atoms with Crippen LogP contribution in [0.3, 0.4) is 0 Å². The van der Waals surface area contributed by atoms with Crippen molar-refractivity contribution in [2.45, 2.75) is 11.7 Å². The highest BCUT2D eigenvalue weighted by Gasteiger charge is 2.60. The normalized spacial score (nSPS) is 22.1. The number of epoxide rings is 1. The van der Waals surface area contributed by atoms with E-state index in [9.17, 15) is 0 Å². The van der Waals surface area contributed by atoms with Crippen LogP contribution in [0.25, 0.3) is 0 Å². The van der Waals surface area contributed by atoms with Crippen LogP contribution in [0, 0.1) is 22.7 Å². The van der Waals surface area contributed by atoms with Gasteiger partial charge < -0.3 is 4.74 Å². The highest BCUT2D eigenvalue weighted by atomic mass is 35.5. The second kappa shape index (κ2) is 2.99. The maximum atomic E-state index is 8.74. The average Bonchev–Trinajstić information content (AvgIpc) is 2.94. The molecule has 0 radical (unpaired) electrons. The minimum absolute atomic E-state index is 0.508. The summed E-state index contributed by atoms with van der Waals surface area (Å²) in [7, 11) is 0. The van der Waals surface area contributed by atoms with Gasteiger partial charge in [-0.05, 0) is 6.07 Å². The Labute approximate surface area is 86.1 Å². The molecule has 0 aliphatic carbocycles. The summed E-state index contributed by atoms with van der Waals surface area (Å²) in [6.45, 7) is 0. The summed E-state index contributed by atoms with van der Waals surface area (Å²) in [5.41, 5.74) is -0.636. The topological polar surface area (TPSA) is 60.1 Å². The first-order chi connectivity index (χ1) is 6.73. The van der Waals surface area contributed by atoms with E-state index in [-0.39, 0.29) is 0 Å². The zero-order chi connectivity index (χ0) is 10.2. The molecule has 3 nitrogen and oxygen atoms in total. The van der Waals surface area contributed by atoms with Crippen molar-refractivity contribution in [3.63, 3.8) is 0 Å². The second-order valence-electron chi connectivity index (χ2n) is 2.98. The average molecular weight is 205 g/mol. The molecule has 1 fully saturated rings. The summed E-state index contributed by atoms with van der Waals surface area (Å²) < 4.78 is 5.06. The molecular formula is C10H5ClN2O. The number of nitrogens with zero attached hydrogens (tertiary/aromatic N) is 2. The van der Waals surface area contributed by atoms with Crippen LogP contribution < -0.4 is 0 Å². The summed E-state index contributed by atoms with van der Waals surface area (Å²) in [5.74, 6) is 0. The number of hydrogen-bond donors (Lipinski definition) is 0. The van der Waals surface area contributed by atoms with Crippen LogP contribution in [0.5, 0.6) is 0 Å². The Kier molecular flexibility index (Phi) is 1.93. The molecule has 0 spiro atoms. The lowest BCUT2D eigenvalue weighted by Gasteiger charge is -1.97. The van der Waals surface area contributed by atoms with Gasteiger partial charge in [0.05, 0.1) is 0 Å². The lowest BCUT2D eigenvalue weighted by molar-refractivity contribution is 0.369. The molecule has 1 heterocycles. The van der Waals surface area contributed by atoms with Gasteiger partial charge >= 0.3 is 0 Å². The van der Waals surface area contributed by atoms with Crippen molar-refractivity contribution in [3.05, 3.63) is 34.9 Å². The van der Waals surface area contributed by atoms with Gasteiger partial charge in [0, 0.05) is 10.6 Å². The van der Waals surface area contributed by atoms with Crippen LogP contribution in [0.2, 0.25) is 5.02 Å². The molecule has 2 rings (SSSR count). The monoisotopic (exact) mass is 204 g/mol. The zero-order valence-electron chi connectivity index (χ0n) is 7.07. The third-order valence-electron chi connectivity index (χ3n) is 2.14. The first kappa shape index (κ1) is 9.02. The SMILES string of the molecule is N#CC1(C#N)O[C@@H]1c1ccccc1Cl. The Morgan fingerprint density at radius 1 is 1.29 bits per heavy atom. The highest BCUT2D eigenvalue weighted by Crippen LogP contribution is 2.50. The Morgan fingerprint density at radius 2 is 1.93 bits per heavy atom. The number of hydrogen-bond acceptors (Lipinski definition) is 3. The van der Waals surface area contributed by atoms with Crippen LogP contribution in [-0.4, -0.2) is 5.60 Å². The summed E-state index contributed by atoms with van der Waals surface area (Å²) in [5, 5.41) is 18.0. The van der Waals surface area contributed by atoms with E-state index >= 15 is 0 Å². The van der Waals surface area contributed by atoms with Gasteiger partial charge in [0.1, 0.15) is 18.2 Å². The Balaban J connectivity index is 2.36. The van der Waals surface area contributed by atoms with Crippen molar-refractivity contribution < 1.29 is 4.74 Å². The molecule has 14 heavy (non-hydrogen) atoms. The molecule has 0 aromatic heterocycles. The van der Waals surface area contributed by atoms with Gasteiger partial charge in [-0.1, -0.05) is 29.8 Å². The first-order valence-electron chi connectivity index (χ1n) is 3.98. The van der Waals surface area contributed by atoms with E-state index in [2.05, 4.69) is 0 Å². The lowest BCUT2D eigenvalue weighted by atomic mass is 10.0. The molecule has 1 aromatic carbocycles. The Hall–Kier alpha value is -1.55. The van der Waals surface area contributed by atoms with Crippen LogP contribution in [0.1, 0.15) is 11.7 Å². The molecule has 1 aliphatic heterocycles. The summed E-state index contributed by atoms with van der Waals surface area (Å²) >= 11 is 5.90. The largest absolute Gasteiger partial charge is 0.332 e. The molecule has 1 aromatic rings.